The molecule has 0 aliphatic heterocycles. The summed E-state index contributed by atoms with van der Waals surface area (Å²) in [5.41, 5.74) is 7.88. The van der Waals surface area contributed by atoms with E-state index < -0.39 is 6.10 Å². The van der Waals surface area contributed by atoms with Crippen LogP contribution in [-0.4, -0.2) is 11.7 Å². The van der Waals surface area contributed by atoms with Gasteiger partial charge in [-0.2, -0.15) is 0 Å². The zero-order valence-corrected chi connectivity index (χ0v) is 11.9. The standard InChI is InChI=1S/C17H27NO/c18-12-11-17(19)16-8-4-7-15(13-16)10-9-14-5-2-1-3-6-14/h4,7-8,13-14,17,19H,1-3,5-6,9-12,18H2/t17-/m1/s1. The molecule has 0 amide bonds. The van der Waals surface area contributed by atoms with E-state index in [1.807, 2.05) is 6.07 Å². The van der Waals surface area contributed by atoms with Gasteiger partial charge in [-0.15, -0.1) is 0 Å². The Bertz CT molecular complexity index is 371. The summed E-state index contributed by atoms with van der Waals surface area (Å²) in [5, 5.41) is 9.98. The van der Waals surface area contributed by atoms with Crippen molar-refractivity contribution in [2.45, 2.75) is 57.5 Å². The lowest BCUT2D eigenvalue weighted by molar-refractivity contribution is 0.170. The molecule has 1 aromatic carbocycles. The maximum absolute atomic E-state index is 9.98. The molecule has 0 unspecified atom stereocenters. The van der Waals surface area contributed by atoms with Crippen LogP contribution in [0.1, 0.15) is 62.2 Å². The van der Waals surface area contributed by atoms with E-state index in [1.165, 1.54) is 44.1 Å². The predicted molar refractivity (Wildman–Crippen MR) is 80.0 cm³/mol. The van der Waals surface area contributed by atoms with Crippen LogP contribution in [0.15, 0.2) is 24.3 Å². The molecule has 1 aliphatic rings. The molecule has 0 saturated heterocycles. The maximum Gasteiger partial charge on any atom is 0.0802 e. The van der Waals surface area contributed by atoms with Crippen molar-refractivity contribution in [3.05, 3.63) is 35.4 Å². The molecule has 106 valence electrons. The first kappa shape index (κ1) is 14.5. The number of nitrogens with two attached hydrogens (primary N) is 1. The van der Waals surface area contributed by atoms with E-state index in [4.69, 9.17) is 5.73 Å². The van der Waals surface area contributed by atoms with E-state index in [2.05, 4.69) is 18.2 Å². The van der Waals surface area contributed by atoms with Crippen LogP contribution in [0.2, 0.25) is 0 Å². The summed E-state index contributed by atoms with van der Waals surface area (Å²) >= 11 is 0. The first-order valence-electron chi connectivity index (χ1n) is 7.76. The van der Waals surface area contributed by atoms with E-state index in [0.29, 0.717) is 13.0 Å². The number of aryl methyl sites for hydroxylation is 1. The highest BCUT2D eigenvalue weighted by Gasteiger charge is 2.13. The molecule has 1 atom stereocenters. The van der Waals surface area contributed by atoms with Gasteiger partial charge in [-0.3, -0.25) is 0 Å². The van der Waals surface area contributed by atoms with Crippen molar-refractivity contribution < 1.29 is 5.11 Å². The summed E-state index contributed by atoms with van der Waals surface area (Å²) in [6.45, 7) is 0.535. The van der Waals surface area contributed by atoms with Gasteiger partial charge in [-0.05, 0) is 42.9 Å². The van der Waals surface area contributed by atoms with Gasteiger partial charge in [0.2, 0.25) is 0 Å². The van der Waals surface area contributed by atoms with Crippen molar-refractivity contribution in [2.75, 3.05) is 6.54 Å². The van der Waals surface area contributed by atoms with Crippen molar-refractivity contribution >= 4 is 0 Å². The Labute approximate surface area is 117 Å². The van der Waals surface area contributed by atoms with Gasteiger partial charge in [0.1, 0.15) is 0 Å². The Morgan fingerprint density at radius 2 is 2.00 bits per heavy atom. The summed E-state index contributed by atoms with van der Waals surface area (Å²) in [7, 11) is 0. The molecule has 0 radical (unpaired) electrons. The van der Waals surface area contributed by atoms with Crippen molar-refractivity contribution in [3.63, 3.8) is 0 Å². The summed E-state index contributed by atoms with van der Waals surface area (Å²) in [6, 6.07) is 8.40. The van der Waals surface area contributed by atoms with E-state index in [-0.39, 0.29) is 0 Å². The second-order valence-corrected chi connectivity index (χ2v) is 5.88. The number of aliphatic hydroxyl groups excluding tert-OH is 1. The average molecular weight is 261 g/mol. The minimum Gasteiger partial charge on any atom is -0.388 e. The SMILES string of the molecule is NCC[C@@H](O)c1cccc(CCC2CCCCC2)c1. The van der Waals surface area contributed by atoms with Crippen molar-refractivity contribution in [3.8, 4) is 0 Å². The second-order valence-electron chi connectivity index (χ2n) is 5.88. The van der Waals surface area contributed by atoms with E-state index >= 15 is 0 Å². The van der Waals surface area contributed by atoms with Gasteiger partial charge in [-0.1, -0.05) is 56.4 Å². The number of benzene rings is 1. The van der Waals surface area contributed by atoms with Crippen molar-refractivity contribution in [1.82, 2.24) is 0 Å². The zero-order valence-electron chi connectivity index (χ0n) is 11.9. The highest BCUT2D eigenvalue weighted by atomic mass is 16.3. The molecule has 1 saturated carbocycles. The Kier molecular flexibility index (Phi) is 5.87. The fourth-order valence-electron chi connectivity index (χ4n) is 3.13. The molecule has 0 bridgehead atoms. The minimum absolute atomic E-state index is 0.403. The van der Waals surface area contributed by atoms with Crippen LogP contribution in [0.3, 0.4) is 0 Å². The molecule has 2 heteroatoms. The first-order valence-corrected chi connectivity index (χ1v) is 7.76. The Morgan fingerprint density at radius 3 is 2.74 bits per heavy atom. The van der Waals surface area contributed by atoms with E-state index in [1.54, 1.807) is 0 Å². The molecule has 2 rings (SSSR count). The number of rotatable bonds is 6. The zero-order chi connectivity index (χ0) is 13.5. The highest BCUT2D eigenvalue weighted by molar-refractivity contribution is 5.25. The largest absolute Gasteiger partial charge is 0.388 e. The normalized spacial score (nSPS) is 18.4. The molecule has 1 aliphatic carbocycles. The summed E-state index contributed by atoms with van der Waals surface area (Å²) in [6.07, 6.45) is 9.78. The highest BCUT2D eigenvalue weighted by Crippen LogP contribution is 2.28. The summed E-state index contributed by atoms with van der Waals surface area (Å²) in [5.74, 6) is 0.923. The molecule has 0 spiro atoms. The van der Waals surface area contributed by atoms with Crippen LogP contribution < -0.4 is 5.73 Å². The van der Waals surface area contributed by atoms with Crippen molar-refractivity contribution in [2.24, 2.45) is 11.7 Å². The number of aliphatic hydroxyl groups is 1. The van der Waals surface area contributed by atoms with Gasteiger partial charge >= 0.3 is 0 Å². The topological polar surface area (TPSA) is 46.2 Å². The van der Waals surface area contributed by atoms with Gasteiger partial charge in [0.25, 0.3) is 0 Å². The quantitative estimate of drug-likeness (QED) is 0.822. The summed E-state index contributed by atoms with van der Waals surface area (Å²) in [4.78, 5) is 0. The third kappa shape index (κ3) is 4.63. The third-order valence-electron chi connectivity index (χ3n) is 4.34. The van der Waals surface area contributed by atoms with Gasteiger partial charge in [0.05, 0.1) is 6.10 Å². The Morgan fingerprint density at radius 1 is 1.21 bits per heavy atom. The van der Waals surface area contributed by atoms with Gasteiger partial charge in [0, 0.05) is 0 Å². The monoisotopic (exact) mass is 261 g/mol. The first-order chi connectivity index (χ1) is 9.29. The molecule has 0 aromatic heterocycles. The van der Waals surface area contributed by atoms with Crippen molar-refractivity contribution in [1.29, 1.82) is 0 Å². The van der Waals surface area contributed by atoms with Crippen LogP contribution in [0.5, 0.6) is 0 Å². The Hall–Kier alpha value is -0.860. The molecular formula is C17H27NO. The molecule has 0 heterocycles. The lowest BCUT2D eigenvalue weighted by Crippen LogP contribution is -2.08. The third-order valence-corrected chi connectivity index (χ3v) is 4.34. The molecule has 3 N–H and O–H groups in total. The van der Waals surface area contributed by atoms with E-state index in [9.17, 15) is 5.11 Å². The van der Waals surface area contributed by atoms with Crippen LogP contribution in [0, 0.1) is 5.92 Å². The molecule has 19 heavy (non-hydrogen) atoms. The fourth-order valence-corrected chi connectivity index (χ4v) is 3.13. The maximum atomic E-state index is 9.98. The second kappa shape index (κ2) is 7.66. The predicted octanol–water partition coefficient (Wildman–Crippen LogP) is 3.58. The minimum atomic E-state index is -0.403. The average Bonchev–Trinajstić information content (AvgIpc) is 2.47. The lowest BCUT2D eigenvalue weighted by Gasteiger charge is -2.21. The molecule has 2 nitrogen and oxygen atoms in total. The molecule has 1 fully saturated rings. The lowest BCUT2D eigenvalue weighted by atomic mass is 9.85. The summed E-state index contributed by atoms with van der Waals surface area (Å²) < 4.78 is 0. The van der Waals surface area contributed by atoms with Crippen LogP contribution in [-0.2, 0) is 6.42 Å². The van der Waals surface area contributed by atoms with E-state index in [0.717, 1.165) is 17.9 Å². The van der Waals surface area contributed by atoms with Gasteiger partial charge in [-0.25, -0.2) is 0 Å². The Balaban J connectivity index is 1.87. The van der Waals surface area contributed by atoms with Crippen LogP contribution in [0.4, 0.5) is 0 Å². The van der Waals surface area contributed by atoms with Gasteiger partial charge < -0.3 is 10.8 Å². The molecular weight excluding hydrogens is 234 g/mol. The smallest absolute Gasteiger partial charge is 0.0802 e. The number of hydrogen-bond acceptors (Lipinski definition) is 2. The van der Waals surface area contributed by atoms with Crippen LogP contribution >= 0.6 is 0 Å². The van der Waals surface area contributed by atoms with Gasteiger partial charge in [0.15, 0.2) is 0 Å². The molecule has 1 aromatic rings. The number of hydrogen-bond donors (Lipinski definition) is 2. The van der Waals surface area contributed by atoms with Crippen LogP contribution in [0.25, 0.3) is 0 Å². The fraction of sp³-hybridized carbons (Fsp3) is 0.647.